The molecule has 0 fully saturated rings. The number of anilines is 1. The number of carbonyl (C=O) groups excluding carboxylic acids is 1. The molecule has 1 atom stereocenters. The number of halogens is 1. The second-order valence-corrected chi connectivity index (χ2v) is 5.79. The molecule has 3 heteroatoms. The minimum atomic E-state index is 0.0458. The highest BCUT2D eigenvalue weighted by molar-refractivity contribution is 9.10. The summed E-state index contributed by atoms with van der Waals surface area (Å²) in [6, 6.07) is 15.9. The maximum Gasteiger partial charge on any atom is 0.228 e. The molecule has 0 aliphatic heterocycles. The van der Waals surface area contributed by atoms with Gasteiger partial charge in [-0.2, -0.15) is 0 Å². The van der Waals surface area contributed by atoms with Crippen LogP contribution in [0.5, 0.6) is 0 Å². The lowest BCUT2D eigenvalue weighted by Crippen LogP contribution is -2.23. The van der Waals surface area contributed by atoms with Crippen molar-refractivity contribution in [1.82, 2.24) is 0 Å². The third kappa shape index (κ3) is 2.71. The molecule has 2 aromatic rings. The molecule has 0 saturated carbocycles. The Balaban J connectivity index is 1.71. The molecule has 0 radical (unpaired) electrons. The van der Waals surface area contributed by atoms with E-state index >= 15 is 0 Å². The van der Waals surface area contributed by atoms with Crippen LogP contribution < -0.4 is 5.32 Å². The zero-order chi connectivity index (χ0) is 13.2. The van der Waals surface area contributed by atoms with Crippen LogP contribution in [-0.2, 0) is 17.6 Å². The largest absolute Gasteiger partial charge is 0.326 e. The first-order chi connectivity index (χ1) is 9.22. The van der Waals surface area contributed by atoms with Crippen molar-refractivity contribution in [3.05, 3.63) is 64.1 Å². The molecular formula is C16H14BrNO. The van der Waals surface area contributed by atoms with Crippen molar-refractivity contribution in [1.29, 1.82) is 0 Å². The molecule has 3 rings (SSSR count). The first-order valence-corrected chi connectivity index (χ1v) is 7.15. The lowest BCUT2D eigenvalue weighted by molar-refractivity contribution is -0.119. The van der Waals surface area contributed by atoms with E-state index in [0.29, 0.717) is 0 Å². The number of fused-ring (bicyclic) bond motifs is 1. The number of hydrogen-bond acceptors (Lipinski definition) is 1. The normalized spacial score (nSPS) is 17.0. The van der Waals surface area contributed by atoms with E-state index in [1.54, 1.807) is 0 Å². The number of benzene rings is 2. The van der Waals surface area contributed by atoms with Crippen LogP contribution in [0.25, 0.3) is 0 Å². The third-order valence-electron chi connectivity index (χ3n) is 3.51. The van der Waals surface area contributed by atoms with E-state index < -0.39 is 0 Å². The van der Waals surface area contributed by atoms with Gasteiger partial charge in [0.25, 0.3) is 0 Å². The second kappa shape index (κ2) is 5.17. The Kier molecular flexibility index (Phi) is 3.38. The van der Waals surface area contributed by atoms with Crippen LogP contribution >= 0.6 is 15.9 Å². The van der Waals surface area contributed by atoms with Crippen LogP contribution in [0.15, 0.2) is 53.0 Å². The van der Waals surface area contributed by atoms with Crippen LogP contribution in [0.4, 0.5) is 5.69 Å². The minimum absolute atomic E-state index is 0.0458. The number of para-hydroxylation sites is 1. The van der Waals surface area contributed by atoms with Gasteiger partial charge in [-0.25, -0.2) is 0 Å². The van der Waals surface area contributed by atoms with Gasteiger partial charge in [0.1, 0.15) is 0 Å². The molecule has 19 heavy (non-hydrogen) atoms. The van der Waals surface area contributed by atoms with Gasteiger partial charge in [0.2, 0.25) is 5.91 Å². The number of rotatable bonds is 2. The fraction of sp³-hybridized carbons (Fsp3) is 0.188. The second-order valence-electron chi connectivity index (χ2n) is 4.87. The predicted molar refractivity (Wildman–Crippen MR) is 80.1 cm³/mol. The van der Waals surface area contributed by atoms with E-state index in [0.717, 1.165) is 23.0 Å². The Bertz CT molecular complexity index is 609. The van der Waals surface area contributed by atoms with Crippen LogP contribution in [0.2, 0.25) is 0 Å². The number of nitrogens with one attached hydrogen (secondary N) is 1. The Hall–Kier alpha value is -1.61. The van der Waals surface area contributed by atoms with Crippen LogP contribution in [0.3, 0.4) is 0 Å². The van der Waals surface area contributed by atoms with Crippen LogP contribution in [0, 0.1) is 5.92 Å². The van der Waals surface area contributed by atoms with Gasteiger partial charge in [-0.3, -0.25) is 4.79 Å². The lowest BCUT2D eigenvalue weighted by atomic mass is 10.1. The topological polar surface area (TPSA) is 29.1 Å². The van der Waals surface area contributed by atoms with Gasteiger partial charge in [-0.15, -0.1) is 0 Å². The molecule has 2 aromatic carbocycles. The van der Waals surface area contributed by atoms with E-state index in [1.165, 1.54) is 11.1 Å². The van der Waals surface area contributed by atoms with E-state index in [-0.39, 0.29) is 11.8 Å². The van der Waals surface area contributed by atoms with Crippen molar-refractivity contribution < 1.29 is 4.79 Å². The zero-order valence-electron chi connectivity index (χ0n) is 10.4. The van der Waals surface area contributed by atoms with Gasteiger partial charge in [0, 0.05) is 16.1 Å². The van der Waals surface area contributed by atoms with Gasteiger partial charge >= 0.3 is 0 Å². The van der Waals surface area contributed by atoms with Crippen molar-refractivity contribution in [2.45, 2.75) is 12.8 Å². The molecule has 96 valence electrons. The Morgan fingerprint density at radius 3 is 2.58 bits per heavy atom. The fourth-order valence-electron chi connectivity index (χ4n) is 2.54. The first kappa shape index (κ1) is 12.4. The summed E-state index contributed by atoms with van der Waals surface area (Å²) in [7, 11) is 0. The summed E-state index contributed by atoms with van der Waals surface area (Å²) in [5.74, 6) is 0.156. The maximum atomic E-state index is 12.2. The summed E-state index contributed by atoms with van der Waals surface area (Å²) in [6.07, 6.45) is 1.66. The first-order valence-electron chi connectivity index (χ1n) is 6.35. The quantitative estimate of drug-likeness (QED) is 0.897. The van der Waals surface area contributed by atoms with E-state index in [2.05, 4.69) is 33.4 Å². The minimum Gasteiger partial charge on any atom is -0.326 e. The van der Waals surface area contributed by atoms with Crippen molar-refractivity contribution >= 4 is 27.5 Å². The molecule has 0 spiro atoms. The molecule has 0 saturated heterocycles. The summed E-state index contributed by atoms with van der Waals surface area (Å²) in [5, 5.41) is 2.98. The molecule has 0 bridgehead atoms. The fourth-order valence-corrected chi connectivity index (χ4v) is 2.95. The summed E-state index contributed by atoms with van der Waals surface area (Å²) in [5.41, 5.74) is 3.43. The molecule has 2 nitrogen and oxygen atoms in total. The van der Waals surface area contributed by atoms with E-state index in [4.69, 9.17) is 0 Å². The van der Waals surface area contributed by atoms with Crippen molar-refractivity contribution in [2.24, 2.45) is 5.92 Å². The third-order valence-corrected chi connectivity index (χ3v) is 4.01. The molecule has 0 heterocycles. The zero-order valence-corrected chi connectivity index (χ0v) is 12.0. The smallest absolute Gasteiger partial charge is 0.228 e. The highest BCUT2D eigenvalue weighted by atomic mass is 79.9. The summed E-state index contributed by atoms with van der Waals surface area (Å²) in [4.78, 5) is 12.2. The molecule has 1 amide bonds. The summed E-state index contributed by atoms with van der Waals surface area (Å²) < 4.78 is 1.08. The highest BCUT2D eigenvalue weighted by Crippen LogP contribution is 2.29. The molecule has 1 unspecified atom stereocenters. The molecule has 0 aromatic heterocycles. The van der Waals surface area contributed by atoms with E-state index in [1.807, 2.05) is 36.4 Å². The standard InChI is InChI=1S/C16H14BrNO/c17-14-7-6-11-8-13(9-12(11)10-14)16(19)18-15-4-2-1-3-5-15/h1-7,10,13H,8-9H2,(H,18,19). The Morgan fingerprint density at radius 2 is 1.79 bits per heavy atom. The lowest BCUT2D eigenvalue weighted by Gasteiger charge is -2.10. The Labute approximate surface area is 121 Å². The van der Waals surface area contributed by atoms with Gasteiger partial charge in [-0.05, 0) is 48.2 Å². The maximum absolute atomic E-state index is 12.2. The van der Waals surface area contributed by atoms with Gasteiger partial charge in [0.05, 0.1) is 0 Å². The molecule has 1 aliphatic carbocycles. The van der Waals surface area contributed by atoms with Gasteiger partial charge < -0.3 is 5.32 Å². The van der Waals surface area contributed by atoms with Gasteiger partial charge in [-0.1, -0.05) is 40.2 Å². The summed E-state index contributed by atoms with van der Waals surface area (Å²) in [6.45, 7) is 0. The number of amides is 1. The molecular weight excluding hydrogens is 302 g/mol. The number of hydrogen-bond donors (Lipinski definition) is 1. The predicted octanol–water partition coefficient (Wildman–Crippen LogP) is 3.80. The van der Waals surface area contributed by atoms with E-state index in [9.17, 15) is 4.79 Å². The highest BCUT2D eigenvalue weighted by Gasteiger charge is 2.27. The Morgan fingerprint density at radius 1 is 1.05 bits per heavy atom. The van der Waals surface area contributed by atoms with Crippen molar-refractivity contribution in [3.63, 3.8) is 0 Å². The molecule has 1 aliphatic rings. The monoisotopic (exact) mass is 315 g/mol. The molecule has 1 N–H and O–H groups in total. The van der Waals surface area contributed by atoms with Gasteiger partial charge in [0.15, 0.2) is 0 Å². The van der Waals surface area contributed by atoms with Crippen molar-refractivity contribution in [3.8, 4) is 0 Å². The SMILES string of the molecule is O=C(Nc1ccccc1)C1Cc2ccc(Br)cc2C1. The van der Waals surface area contributed by atoms with Crippen molar-refractivity contribution in [2.75, 3.05) is 5.32 Å². The van der Waals surface area contributed by atoms with Crippen LogP contribution in [-0.4, -0.2) is 5.91 Å². The average Bonchev–Trinajstić information content (AvgIpc) is 2.83. The number of carbonyl (C=O) groups is 1. The van der Waals surface area contributed by atoms with Crippen LogP contribution in [0.1, 0.15) is 11.1 Å². The average molecular weight is 316 g/mol. The summed E-state index contributed by atoms with van der Waals surface area (Å²) >= 11 is 3.48.